The van der Waals surface area contributed by atoms with Crippen LogP contribution in [-0.2, 0) is 24.2 Å². The first-order chi connectivity index (χ1) is 9.15. The molecule has 2 aromatic heterocycles. The first-order valence-corrected chi connectivity index (χ1v) is 7.41. The first kappa shape index (κ1) is 14.0. The standard InChI is InChI=1S/C14H19N3OS/c1-3-10-8-11(17(4-2)16-10)9-12(18)14(15)13-6-5-7-19-13/h5-8,14H,3-4,9,15H2,1-2H3. The van der Waals surface area contributed by atoms with Crippen molar-refractivity contribution in [2.45, 2.75) is 39.3 Å². The first-order valence-electron chi connectivity index (χ1n) is 6.53. The summed E-state index contributed by atoms with van der Waals surface area (Å²) in [6.07, 6.45) is 1.23. The molecule has 1 unspecified atom stereocenters. The van der Waals surface area contributed by atoms with E-state index < -0.39 is 6.04 Å². The maximum absolute atomic E-state index is 12.2. The lowest BCUT2D eigenvalue weighted by atomic mass is 10.1. The van der Waals surface area contributed by atoms with Gasteiger partial charge in [0.05, 0.1) is 18.2 Å². The summed E-state index contributed by atoms with van der Waals surface area (Å²) in [5, 5.41) is 6.39. The van der Waals surface area contributed by atoms with E-state index in [0.717, 1.165) is 29.2 Å². The van der Waals surface area contributed by atoms with Gasteiger partial charge in [0, 0.05) is 17.1 Å². The molecule has 0 bridgehead atoms. The van der Waals surface area contributed by atoms with Crippen LogP contribution in [0.2, 0.25) is 0 Å². The predicted molar refractivity (Wildman–Crippen MR) is 77.2 cm³/mol. The minimum atomic E-state index is -0.523. The smallest absolute Gasteiger partial charge is 0.160 e. The molecule has 2 aromatic rings. The molecule has 0 saturated carbocycles. The lowest BCUT2D eigenvalue weighted by Gasteiger charge is -2.09. The third-order valence-electron chi connectivity index (χ3n) is 3.13. The molecule has 5 heteroatoms. The normalized spacial score (nSPS) is 12.6. The Morgan fingerprint density at radius 2 is 2.32 bits per heavy atom. The highest BCUT2D eigenvalue weighted by Crippen LogP contribution is 2.19. The highest BCUT2D eigenvalue weighted by Gasteiger charge is 2.19. The van der Waals surface area contributed by atoms with Crippen LogP contribution in [0.3, 0.4) is 0 Å². The summed E-state index contributed by atoms with van der Waals surface area (Å²) in [6.45, 7) is 4.86. The fraction of sp³-hybridized carbons (Fsp3) is 0.429. The van der Waals surface area contributed by atoms with Crippen LogP contribution < -0.4 is 5.73 Å². The third kappa shape index (κ3) is 3.11. The second-order valence-electron chi connectivity index (χ2n) is 4.43. The molecule has 0 amide bonds. The van der Waals surface area contributed by atoms with Crippen LogP contribution in [0.15, 0.2) is 23.6 Å². The number of nitrogens with two attached hydrogens (primary N) is 1. The van der Waals surface area contributed by atoms with Gasteiger partial charge < -0.3 is 5.73 Å². The van der Waals surface area contributed by atoms with E-state index in [1.807, 2.05) is 35.2 Å². The van der Waals surface area contributed by atoms with Crippen molar-refractivity contribution in [1.29, 1.82) is 0 Å². The summed E-state index contributed by atoms with van der Waals surface area (Å²) >= 11 is 1.52. The Labute approximate surface area is 117 Å². The number of aryl methyl sites for hydroxylation is 2. The van der Waals surface area contributed by atoms with Crippen molar-refractivity contribution in [1.82, 2.24) is 9.78 Å². The fourth-order valence-corrected chi connectivity index (χ4v) is 2.77. The Balaban J connectivity index is 2.12. The Bertz CT molecular complexity index is 545. The number of aromatic nitrogens is 2. The lowest BCUT2D eigenvalue weighted by molar-refractivity contribution is -0.119. The quantitative estimate of drug-likeness (QED) is 0.881. The van der Waals surface area contributed by atoms with Crippen molar-refractivity contribution >= 4 is 17.1 Å². The summed E-state index contributed by atoms with van der Waals surface area (Å²) in [6, 6.07) is 5.30. The number of nitrogens with zero attached hydrogens (tertiary/aromatic N) is 2. The zero-order chi connectivity index (χ0) is 13.8. The van der Waals surface area contributed by atoms with E-state index in [0.29, 0.717) is 6.42 Å². The summed E-state index contributed by atoms with van der Waals surface area (Å²) in [5.74, 6) is 0.0414. The minimum absolute atomic E-state index is 0.0414. The molecule has 2 heterocycles. The summed E-state index contributed by atoms with van der Waals surface area (Å²) < 4.78 is 1.89. The molecule has 102 valence electrons. The second kappa shape index (κ2) is 6.12. The SMILES string of the molecule is CCc1cc(CC(=O)C(N)c2cccs2)n(CC)n1. The van der Waals surface area contributed by atoms with Crippen LogP contribution in [0, 0.1) is 0 Å². The van der Waals surface area contributed by atoms with Crippen molar-refractivity contribution in [3.8, 4) is 0 Å². The van der Waals surface area contributed by atoms with Crippen molar-refractivity contribution in [3.05, 3.63) is 39.8 Å². The van der Waals surface area contributed by atoms with Gasteiger partial charge in [-0.15, -0.1) is 11.3 Å². The average molecular weight is 277 g/mol. The van der Waals surface area contributed by atoms with Gasteiger partial charge in [-0.2, -0.15) is 5.10 Å². The molecule has 0 radical (unpaired) electrons. The molecular formula is C14H19N3OS. The van der Waals surface area contributed by atoms with E-state index >= 15 is 0 Å². The third-order valence-corrected chi connectivity index (χ3v) is 4.08. The van der Waals surface area contributed by atoms with Gasteiger partial charge in [0.15, 0.2) is 5.78 Å². The van der Waals surface area contributed by atoms with E-state index in [9.17, 15) is 4.79 Å². The van der Waals surface area contributed by atoms with Crippen molar-refractivity contribution in [2.24, 2.45) is 5.73 Å². The van der Waals surface area contributed by atoms with Crippen LogP contribution in [0.25, 0.3) is 0 Å². The summed E-state index contributed by atoms with van der Waals surface area (Å²) in [4.78, 5) is 13.1. The van der Waals surface area contributed by atoms with Crippen LogP contribution >= 0.6 is 11.3 Å². The Hall–Kier alpha value is -1.46. The van der Waals surface area contributed by atoms with Crippen LogP contribution in [0.4, 0.5) is 0 Å². The minimum Gasteiger partial charge on any atom is -0.317 e. The fourth-order valence-electron chi connectivity index (χ4n) is 2.02. The van der Waals surface area contributed by atoms with Gasteiger partial charge in [0.1, 0.15) is 0 Å². The number of carbonyl (C=O) groups is 1. The van der Waals surface area contributed by atoms with E-state index in [1.165, 1.54) is 11.3 Å². The summed E-state index contributed by atoms with van der Waals surface area (Å²) in [7, 11) is 0. The summed E-state index contributed by atoms with van der Waals surface area (Å²) in [5.41, 5.74) is 7.97. The van der Waals surface area contributed by atoms with Gasteiger partial charge in [-0.25, -0.2) is 0 Å². The maximum atomic E-state index is 12.2. The van der Waals surface area contributed by atoms with Gasteiger partial charge >= 0.3 is 0 Å². The number of hydrogen-bond donors (Lipinski definition) is 1. The van der Waals surface area contributed by atoms with E-state index in [2.05, 4.69) is 12.0 Å². The maximum Gasteiger partial charge on any atom is 0.160 e. The molecule has 1 atom stereocenters. The van der Waals surface area contributed by atoms with Crippen molar-refractivity contribution < 1.29 is 4.79 Å². The van der Waals surface area contributed by atoms with E-state index in [1.54, 1.807) is 0 Å². The predicted octanol–water partition coefficient (Wildman–Crippen LogP) is 2.34. The molecule has 19 heavy (non-hydrogen) atoms. The Morgan fingerprint density at radius 3 is 2.89 bits per heavy atom. The van der Waals surface area contributed by atoms with Gasteiger partial charge in [0.2, 0.25) is 0 Å². The molecule has 0 spiro atoms. The molecule has 0 aromatic carbocycles. The Kier molecular flexibility index (Phi) is 4.50. The highest BCUT2D eigenvalue weighted by molar-refractivity contribution is 7.10. The average Bonchev–Trinajstić information content (AvgIpc) is 3.06. The molecular weight excluding hydrogens is 258 g/mol. The number of ketones is 1. The Morgan fingerprint density at radius 1 is 1.53 bits per heavy atom. The zero-order valence-electron chi connectivity index (χ0n) is 11.3. The van der Waals surface area contributed by atoms with E-state index in [4.69, 9.17) is 5.73 Å². The monoisotopic (exact) mass is 277 g/mol. The number of hydrogen-bond acceptors (Lipinski definition) is 4. The number of Topliss-reactive ketones (excluding diaryl/α,β-unsaturated/α-hetero) is 1. The molecule has 0 aliphatic rings. The largest absolute Gasteiger partial charge is 0.317 e. The van der Waals surface area contributed by atoms with Crippen LogP contribution in [-0.4, -0.2) is 15.6 Å². The number of rotatable bonds is 6. The number of thiophene rings is 1. The molecule has 4 nitrogen and oxygen atoms in total. The molecule has 0 aliphatic carbocycles. The van der Waals surface area contributed by atoms with Crippen molar-refractivity contribution in [3.63, 3.8) is 0 Å². The molecule has 0 saturated heterocycles. The topological polar surface area (TPSA) is 60.9 Å². The van der Waals surface area contributed by atoms with Gasteiger partial charge in [0.25, 0.3) is 0 Å². The number of carbonyl (C=O) groups excluding carboxylic acids is 1. The highest BCUT2D eigenvalue weighted by atomic mass is 32.1. The molecule has 2 N–H and O–H groups in total. The molecule has 0 fully saturated rings. The lowest BCUT2D eigenvalue weighted by Crippen LogP contribution is -2.23. The van der Waals surface area contributed by atoms with Gasteiger partial charge in [-0.3, -0.25) is 9.48 Å². The zero-order valence-corrected chi connectivity index (χ0v) is 12.1. The molecule has 2 rings (SSSR count). The molecule has 0 aliphatic heterocycles. The second-order valence-corrected chi connectivity index (χ2v) is 5.41. The van der Waals surface area contributed by atoms with Crippen LogP contribution in [0.1, 0.15) is 36.2 Å². The van der Waals surface area contributed by atoms with E-state index in [-0.39, 0.29) is 5.78 Å². The van der Waals surface area contributed by atoms with Crippen molar-refractivity contribution in [2.75, 3.05) is 0 Å². The van der Waals surface area contributed by atoms with Gasteiger partial charge in [-0.05, 0) is 30.9 Å². The van der Waals surface area contributed by atoms with Crippen LogP contribution in [0.5, 0.6) is 0 Å². The van der Waals surface area contributed by atoms with Gasteiger partial charge in [-0.1, -0.05) is 13.0 Å².